The number of para-hydroxylation sites is 2. The first kappa shape index (κ1) is 18.7. The third-order valence-corrected chi connectivity index (χ3v) is 4.38. The molecular formula is C20H23N3O4. The number of nitrogens with zero attached hydrogens (tertiary/aromatic N) is 2. The summed E-state index contributed by atoms with van der Waals surface area (Å²) in [6.07, 6.45) is -0.854. The molecular weight excluding hydrogens is 346 g/mol. The van der Waals surface area contributed by atoms with Gasteiger partial charge in [0.15, 0.2) is 6.10 Å². The Bertz CT molecular complexity index is 839. The number of primary amides is 1. The van der Waals surface area contributed by atoms with Crippen LogP contribution >= 0.6 is 0 Å². The average Bonchev–Trinajstić information content (AvgIpc) is 2.66. The van der Waals surface area contributed by atoms with Crippen molar-refractivity contribution in [2.75, 3.05) is 32.1 Å². The van der Waals surface area contributed by atoms with Crippen molar-refractivity contribution in [3.05, 3.63) is 54.1 Å². The quantitative estimate of drug-likeness (QED) is 0.832. The number of benzene rings is 2. The highest BCUT2D eigenvalue weighted by Crippen LogP contribution is 2.33. The van der Waals surface area contributed by atoms with E-state index in [1.54, 1.807) is 30.2 Å². The summed E-state index contributed by atoms with van der Waals surface area (Å²) in [5.74, 6) is 0.546. The third kappa shape index (κ3) is 4.38. The van der Waals surface area contributed by atoms with E-state index < -0.39 is 12.0 Å². The van der Waals surface area contributed by atoms with Crippen molar-refractivity contribution < 1.29 is 19.1 Å². The number of amides is 2. The van der Waals surface area contributed by atoms with Gasteiger partial charge in [-0.05, 0) is 36.9 Å². The molecule has 0 aromatic heterocycles. The fraction of sp³-hybridized carbons (Fsp3) is 0.300. The lowest BCUT2D eigenvalue weighted by molar-refractivity contribution is -0.125. The molecule has 1 heterocycles. The summed E-state index contributed by atoms with van der Waals surface area (Å²) < 4.78 is 10.8. The van der Waals surface area contributed by atoms with E-state index in [9.17, 15) is 9.59 Å². The van der Waals surface area contributed by atoms with Crippen molar-refractivity contribution >= 4 is 17.5 Å². The number of likely N-dealkylation sites (N-methyl/N-ethyl adjacent to an activating group) is 1. The van der Waals surface area contributed by atoms with E-state index in [1.807, 2.05) is 42.3 Å². The van der Waals surface area contributed by atoms with Gasteiger partial charge in [0, 0.05) is 6.54 Å². The van der Waals surface area contributed by atoms with Gasteiger partial charge in [-0.1, -0.05) is 24.3 Å². The predicted octanol–water partition coefficient (Wildman–Crippen LogP) is 1.41. The van der Waals surface area contributed by atoms with Crippen molar-refractivity contribution in [3.63, 3.8) is 0 Å². The van der Waals surface area contributed by atoms with E-state index in [-0.39, 0.29) is 19.0 Å². The molecule has 27 heavy (non-hydrogen) atoms. The molecule has 0 bridgehead atoms. The summed E-state index contributed by atoms with van der Waals surface area (Å²) in [4.78, 5) is 28.0. The van der Waals surface area contributed by atoms with Crippen LogP contribution in [0.3, 0.4) is 0 Å². The van der Waals surface area contributed by atoms with Gasteiger partial charge in [0.1, 0.15) is 11.5 Å². The molecule has 2 aromatic carbocycles. The van der Waals surface area contributed by atoms with Gasteiger partial charge in [0.05, 0.1) is 25.9 Å². The normalized spacial score (nSPS) is 15.8. The molecule has 3 rings (SSSR count). The van der Waals surface area contributed by atoms with Crippen molar-refractivity contribution in [2.45, 2.75) is 12.6 Å². The number of ether oxygens (including phenoxy) is 2. The summed E-state index contributed by atoms with van der Waals surface area (Å²) in [6.45, 7) is 0.892. The molecule has 0 unspecified atom stereocenters. The second-order valence-electron chi connectivity index (χ2n) is 6.50. The van der Waals surface area contributed by atoms with Gasteiger partial charge in [0.2, 0.25) is 5.91 Å². The van der Waals surface area contributed by atoms with Crippen molar-refractivity contribution in [1.82, 2.24) is 4.90 Å². The number of hydrogen-bond donors (Lipinski definition) is 1. The molecule has 0 spiro atoms. The number of rotatable bonds is 6. The molecule has 7 nitrogen and oxygen atoms in total. The fourth-order valence-corrected chi connectivity index (χ4v) is 3.07. The zero-order chi connectivity index (χ0) is 19.4. The van der Waals surface area contributed by atoms with Gasteiger partial charge < -0.3 is 20.1 Å². The Labute approximate surface area is 158 Å². The largest absolute Gasteiger partial charge is 0.497 e. The summed E-state index contributed by atoms with van der Waals surface area (Å²) in [6, 6.07) is 14.9. The van der Waals surface area contributed by atoms with Crippen LogP contribution in [0, 0.1) is 0 Å². The van der Waals surface area contributed by atoms with Crippen LogP contribution in [-0.2, 0) is 16.1 Å². The van der Waals surface area contributed by atoms with Crippen LogP contribution in [0.4, 0.5) is 5.69 Å². The summed E-state index contributed by atoms with van der Waals surface area (Å²) in [7, 11) is 3.49. The second kappa shape index (κ2) is 8.09. The lowest BCUT2D eigenvalue weighted by atomic mass is 10.1. The van der Waals surface area contributed by atoms with Crippen LogP contribution in [0.1, 0.15) is 5.56 Å². The van der Waals surface area contributed by atoms with Gasteiger partial charge in [0.25, 0.3) is 5.91 Å². The number of methoxy groups -OCH3 is 1. The molecule has 1 aliphatic heterocycles. The molecule has 1 aliphatic rings. The lowest BCUT2D eigenvalue weighted by Crippen LogP contribution is -2.51. The summed E-state index contributed by atoms with van der Waals surface area (Å²) in [5.41, 5.74) is 7.08. The topological polar surface area (TPSA) is 85.1 Å². The van der Waals surface area contributed by atoms with E-state index in [1.165, 1.54) is 0 Å². The zero-order valence-corrected chi connectivity index (χ0v) is 15.4. The molecule has 0 radical (unpaired) electrons. The van der Waals surface area contributed by atoms with Gasteiger partial charge in [-0.25, -0.2) is 0 Å². The van der Waals surface area contributed by atoms with Crippen LogP contribution in [0.2, 0.25) is 0 Å². The molecule has 2 amide bonds. The van der Waals surface area contributed by atoms with Gasteiger partial charge in [-0.3, -0.25) is 14.5 Å². The maximum absolute atomic E-state index is 12.9. The molecule has 0 saturated heterocycles. The smallest absolute Gasteiger partial charge is 0.260 e. The molecule has 0 aliphatic carbocycles. The summed E-state index contributed by atoms with van der Waals surface area (Å²) >= 11 is 0. The first-order chi connectivity index (χ1) is 13.0. The highest BCUT2D eigenvalue weighted by molar-refractivity contribution is 5.98. The number of anilines is 1. The monoisotopic (exact) mass is 369 g/mol. The molecule has 2 aromatic rings. The Morgan fingerprint density at radius 1 is 1.26 bits per heavy atom. The van der Waals surface area contributed by atoms with Gasteiger partial charge >= 0.3 is 0 Å². The highest BCUT2D eigenvalue weighted by atomic mass is 16.5. The Balaban J connectivity index is 1.71. The predicted molar refractivity (Wildman–Crippen MR) is 102 cm³/mol. The van der Waals surface area contributed by atoms with Crippen molar-refractivity contribution in [3.8, 4) is 11.5 Å². The zero-order valence-electron chi connectivity index (χ0n) is 15.4. The molecule has 0 saturated carbocycles. The van der Waals surface area contributed by atoms with E-state index in [4.69, 9.17) is 15.2 Å². The highest BCUT2D eigenvalue weighted by Gasteiger charge is 2.32. The van der Waals surface area contributed by atoms with Crippen molar-refractivity contribution in [2.24, 2.45) is 5.73 Å². The fourth-order valence-electron chi connectivity index (χ4n) is 3.07. The van der Waals surface area contributed by atoms with Crippen LogP contribution in [0.5, 0.6) is 11.5 Å². The molecule has 0 fully saturated rings. The number of carbonyl (C=O) groups is 2. The second-order valence-corrected chi connectivity index (χ2v) is 6.50. The summed E-state index contributed by atoms with van der Waals surface area (Å²) in [5, 5.41) is 0. The first-order valence-corrected chi connectivity index (χ1v) is 8.64. The Kier molecular flexibility index (Phi) is 5.61. The molecule has 2 N–H and O–H groups in total. The number of fused-ring (bicyclic) bond motifs is 1. The molecule has 7 heteroatoms. The Morgan fingerprint density at radius 3 is 2.78 bits per heavy atom. The molecule has 1 atom stereocenters. The van der Waals surface area contributed by atoms with Gasteiger partial charge in [-0.15, -0.1) is 0 Å². The van der Waals surface area contributed by atoms with Crippen LogP contribution in [-0.4, -0.2) is 50.1 Å². The maximum Gasteiger partial charge on any atom is 0.260 e. The SMILES string of the molecule is COc1cccc(CN(C)CC(=O)N2C[C@H](C(N)=O)Oc3ccccc32)c1. The number of carbonyl (C=O) groups excluding carboxylic acids is 2. The van der Waals surface area contributed by atoms with Crippen LogP contribution in [0.15, 0.2) is 48.5 Å². The minimum Gasteiger partial charge on any atom is -0.497 e. The van der Waals surface area contributed by atoms with E-state index >= 15 is 0 Å². The minimum absolute atomic E-state index is 0.109. The maximum atomic E-state index is 12.9. The Hall–Kier alpha value is -3.06. The van der Waals surface area contributed by atoms with Crippen LogP contribution < -0.4 is 20.1 Å². The molecule has 142 valence electrons. The first-order valence-electron chi connectivity index (χ1n) is 8.64. The number of nitrogens with two attached hydrogens (primary N) is 1. The van der Waals surface area contributed by atoms with E-state index in [2.05, 4.69) is 0 Å². The minimum atomic E-state index is -0.854. The van der Waals surface area contributed by atoms with Gasteiger partial charge in [-0.2, -0.15) is 0 Å². The van der Waals surface area contributed by atoms with E-state index in [0.29, 0.717) is 18.0 Å². The Morgan fingerprint density at radius 2 is 2.04 bits per heavy atom. The number of hydrogen-bond acceptors (Lipinski definition) is 5. The third-order valence-electron chi connectivity index (χ3n) is 4.38. The lowest BCUT2D eigenvalue weighted by Gasteiger charge is -2.34. The standard InChI is InChI=1S/C20H23N3O4/c1-22(11-14-6-5-7-15(10-14)26-2)13-19(24)23-12-18(20(21)25)27-17-9-4-3-8-16(17)23/h3-10,18H,11-13H2,1-2H3,(H2,21,25)/t18-/m1/s1. The average molecular weight is 369 g/mol. The van der Waals surface area contributed by atoms with E-state index in [0.717, 1.165) is 11.3 Å². The van der Waals surface area contributed by atoms with Crippen LogP contribution in [0.25, 0.3) is 0 Å². The van der Waals surface area contributed by atoms with Crippen molar-refractivity contribution in [1.29, 1.82) is 0 Å².